The van der Waals surface area contributed by atoms with Crippen molar-refractivity contribution in [2.24, 2.45) is 4.99 Å². The summed E-state index contributed by atoms with van der Waals surface area (Å²) in [5.74, 6) is 0. The van der Waals surface area contributed by atoms with Gasteiger partial charge in [-0.15, -0.1) is 0 Å². The predicted octanol–water partition coefficient (Wildman–Crippen LogP) is 3.03. The minimum Gasteiger partial charge on any atom is -0.439 e. The van der Waals surface area contributed by atoms with Gasteiger partial charge >= 0.3 is 9.28 Å². The molecular weight excluding hydrogens is 278 g/mol. The van der Waals surface area contributed by atoms with Gasteiger partial charge in [-0.2, -0.15) is 0 Å². The highest BCUT2D eigenvalue weighted by molar-refractivity contribution is 6.81. The maximum Gasteiger partial charge on any atom is 0.303 e. The molecule has 1 atom stereocenters. The first-order chi connectivity index (χ1) is 8.05. The minimum atomic E-state index is -1.69. The molecule has 0 aliphatic rings. The van der Waals surface area contributed by atoms with Crippen LogP contribution < -0.4 is 0 Å². The van der Waals surface area contributed by atoms with E-state index in [9.17, 15) is 4.79 Å². The molecule has 1 unspecified atom stereocenters. The first-order valence-electron chi connectivity index (χ1n) is 6.44. The highest BCUT2D eigenvalue weighted by Crippen LogP contribution is 2.23. The van der Waals surface area contributed by atoms with Crippen molar-refractivity contribution in [1.29, 1.82) is 0 Å². The van der Waals surface area contributed by atoms with Gasteiger partial charge in [0.05, 0.1) is 6.54 Å². The third kappa shape index (κ3) is 9.93. The van der Waals surface area contributed by atoms with Crippen LogP contribution in [-0.4, -0.2) is 38.5 Å². The fourth-order valence-electron chi connectivity index (χ4n) is 1.40. The number of isocyanates is 1. The summed E-state index contributed by atoms with van der Waals surface area (Å²) in [7, 11) is -4.85. The van der Waals surface area contributed by atoms with Crippen LogP contribution in [0.25, 0.3) is 0 Å². The molecule has 18 heavy (non-hydrogen) atoms. The predicted molar refractivity (Wildman–Crippen MR) is 83.0 cm³/mol. The number of hydrogen-bond acceptors (Lipinski definition) is 4. The van der Waals surface area contributed by atoms with Crippen molar-refractivity contribution in [3.05, 3.63) is 0 Å². The van der Waals surface area contributed by atoms with Crippen molar-refractivity contribution >= 4 is 32.0 Å². The van der Waals surface area contributed by atoms with Crippen molar-refractivity contribution < 1.29 is 13.0 Å². The zero-order chi connectivity index (χ0) is 14.4. The van der Waals surface area contributed by atoms with Crippen molar-refractivity contribution in [3.63, 3.8) is 0 Å². The van der Waals surface area contributed by atoms with Gasteiger partial charge in [-0.05, 0) is 51.2 Å². The zero-order valence-electron chi connectivity index (χ0n) is 12.7. The lowest BCUT2D eigenvalue weighted by Crippen LogP contribution is -2.45. The molecule has 0 spiro atoms. The summed E-state index contributed by atoms with van der Waals surface area (Å²) in [5.41, 5.74) is 0.376. The molecule has 0 aromatic carbocycles. The Morgan fingerprint density at radius 3 is 1.89 bits per heavy atom. The molecule has 0 radical (unpaired) electrons. The minimum absolute atomic E-state index is 0.376. The molecule has 0 saturated carbocycles. The van der Waals surface area contributed by atoms with Crippen LogP contribution in [0.3, 0.4) is 0 Å². The summed E-state index contributed by atoms with van der Waals surface area (Å²) in [6.07, 6.45) is 2.43. The second-order valence-corrected chi connectivity index (χ2v) is 18.8. The van der Waals surface area contributed by atoms with E-state index in [0.29, 0.717) is 12.1 Å². The van der Waals surface area contributed by atoms with Crippen LogP contribution in [0.4, 0.5) is 0 Å². The van der Waals surface area contributed by atoms with Gasteiger partial charge in [0.1, 0.15) is 0 Å². The second kappa shape index (κ2) is 7.52. The van der Waals surface area contributed by atoms with Crippen molar-refractivity contribution in [2.45, 2.75) is 58.2 Å². The van der Waals surface area contributed by atoms with E-state index < -0.39 is 25.9 Å². The molecule has 0 amide bonds. The SMILES string of the molecule is CC(CCN=C=O)[SiH](O[Si](C)(C)C)O[Si](C)(C)C. The number of nitrogens with zero attached hydrogens (tertiary/aromatic N) is 1. The molecule has 0 saturated heterocycles. The van der Waals surface area contributed by atoms with E-state index in [2.05, 4.69) is 51.2 Å². The molecule has 106 valence electrons. The molecule has 7 heteroatoms. The zero-order valence-corrected chi connectivity index (χ0v) is 15.9. The van der Waals surface area contributed by atoms with E-state index in [0.717, 1.165) is 6.42 Å². The number of rotatable bonds is 8. The number of hydrogen-bond donors (Lipinski definition) is 0. The highest BCUT2D eigenvalue weighted by Gasteiger charge is 2.32. The summed E-state index contributed by atoms with van der Waals surface area (Å²) < 4.78 is 12.5. The van der Waals surface area contributed by atoms with Crippen molar-refractivity contribution in [3.8, 4) is 0 Å². The first-order valence-corrected chi connectivity index (χ1v) is 14.9. The normalized spacial score (nSPS) is 14.4. The Bertz CT molecular complexity index is 277. The standard InChI is InChI=1S/C11H27NO3Si3/c1-11(8-9-12-10-13)16(14-17(2,3)4)15-18(5,6)7/h11,16H,8-9H2,1-7H3. The third-order valence-corrected chi connectivity index (χ3v) is 10.9. The maximum atomic E-state index is 10.1. The average Bonchev–Trinajstić information content (AvgIpc) is 2.12. The fourth-order valence-corrected chi connectivity index (χ4v) is 9.88. The fraction of sp³-hybridized carbons (Fsp3) is 0.909. The molecule has 4 nitrogen and oxygen atoms in total. The summed E-state index contributed by atoms with van der Waals surface area (Å²) in [6.45, 7) is 15.8. The summed E-state index contributed by atoms with van der Waals surface area (Å²) in [5, 5.41) is 0. The Morgan fingerprint density at radius 2 is 1.56 bits per heavy atom. The molecule has 0 aromatic rings. The molecule has 0 fully saturated rings. The van der Waals surface area contributed by atoms with Gasteiger partial charge in [-0.3, -0.25) is 0 Å². The summed E-state index contributed by atoms with van der Waals surface area (Å²) in [4.78, 5) is 13.7. The third-order valence-electron chi connectivity index (χ3n) is 2.16. The van der Waals surface area contributed by atoms with Crippen LogP contribution in [-0.2, 0) is 13.0 Å². The largest absolute Gasteiger partial charge is 0.439 e. The average molecular weight is 306 g/mol. The van der Waals surface area contributed by atoms with Gasteiger partial charge in [0.25, 0.3) is 0 Å². The van der Waals surface area contributed by atoms with Gasteiger partial charge in [-0.1, -0.05) is 6.92 Å². The van der Waals surface area contributed by atoms with Crippen LogP contribution in [0.1, 0.15) is 13.3 Å². The highest BCUT2D eigenvalue weighted by atomic mass is 28.4. The Labute approximate surface area is 115 Å². The van der Waals surface area contributed by atoms with E-state index in [1.165, 1.54) is 0 Å². The first kappa shape index (κ1) is 18.0. The lowest BCUT2D eigenvalue weighted by molar-refractivity contribution is 0.397. The van der Waals surface area contributed by atoms with Gasteiger partial charge in [-0.25, -0.2) is 9.79 Å². The van der Waals surface area contributed by atoms with Crippen LogP contribution in [0.15, 0.2) is 4.99 Å². The van der Waals surface area contributed by atoms with E-state index in [1.807, 2.05) is 0 Å². The molecule has 0 aliphatic carbocycles. The monoisotopic (exact) mass is 305 g/mol. The number of aliphatic imine (C=N–C) groups is 1. The van der Waals surface area contributed by atoms with Crippen LogP contribution in [0.5, 0.6) is 0 Å². The van der Waals surface area contributed by atoms with E-state index in [1.54, 1.807) is 6.08 Å². The molecule has 0 aromatic heterocycles. The molecular formula is C11H27NO3Si3. The second-order valence-electron chi connectivity index (χ2n) is 6.57. The Balaban J connectivity index is 4.58. The Morgan fingerprint density at radius 1 is 1.11 bits per heavy atom. The maximum absolute atomic E-state index is 10.1. The quantitative estimate of drug-likeness (QED) is 0.393. The van der Waals surface area contributed by atoms with Crippen molar-refractivity contribution in [1.82, 2.24) is 0 Å². The summed E-state index contributed by atoms with van der Waals surface area (Å²) in [6, 6.07) is 0. The molecule has 0 bridgehead atoms. The Kier molecular flexibility index (Phi) is 7.50. The van der Waals surface area contributed by atoms with Gasteiger partial charge in [0.2, 0.25) is 6.08 Å². The van der Waals surface area contributed by atoms with Crippen LogP contribution >= 0.6 is 0 Å². The van der Waals surface area contributed by atoms with E-state index in [-0.39, 0.29) is 0 Å². The molecule has 0 aliphatic heterocycles. The smallest absolute Gasteiger partial charge is 0.303 e. The van der Waals surface area contributed by atoms with Crippen LogP contribution in [0.2, 0.25) is 44.8 Å². The molecule has 0 N–H and O–H groups in total. The van der Waals surface area contributed by atoms with E-state index in [4.69, 9.17) is 8.23 Å². The number of carbonyl (C=O) groups excluding carboxylic acids is 1. The van der Waals surface area contributed by atoms with Gasteiger partial charge in [0, 0.05) is 0 Å². The van der Waals surface area contributed by atoms with Crippen molar-refractivity contribution in [2.75, 3.05) is 6.54 Å². The lowest BCUT2D eigenvalue weighted by atomic mass is 10.3. The van der Waals surface area contributed by atoms with Gasteiger partial charge in [0.15, 0.2) is 16.6 Å². The Hall–Kier alpha value is -0.0494. The topological polar surface area (TPSA) is 47.9 Å². The van der Waals surface area contributed by atoms with Gasteiger partial charge < -0.3 is 8.23 Å². The van der Waals surface area contributed by atoms with E-state index >= 15 is 0 Å². The lowest BCUT2D eigenvalue weighted by Gasteiger charge is -2.33. The summed E-state index contributed by atoms with van der Waals surface area (Å²) >= 11 is 0. The molecule has 0 heterocycles. The van der Waals surface area contributed by atoms with Crippen LogP contribution in [0, 0.1) is 0 Å². The molecule has 0 rings (SSSR count).